The van der Waals surface area contributed by atoms with Crippen molar-refractivity contribution in [2.24, 2.45) is 11.7 Å². The van der Waals surface area contributed by atoms with Crippen molar-refractivity contribution < 1.29 is 38.3 Å². The number of esters is 1. The molecule has 300 valence electrons. The van der Waals surface area contributed by atoms with Crippen LogP contribution in [0, 0.1) is 5.92 Å². The number of rotatable bonds is 7. The van der Waals surface area contributed by atoms with E-state index in [4.69, 9.17) is 10.5 Å². The topological polar surface area (TPSA) is 201 Å². The van der Waals surface area contributed by atoms with Crippen LogP contribution in [0.4, 0.5) is 0 Å². The summed E-state index contributed by atoms with van der Waals surface area (Å²) in [6.07, 6.45) is 0.935. The molecular formula is C41H53N7O8. The molecule has 0 spiro atoms. The second-order valence-electron chi connectivity index (χ2n) is 15.7. The summed E-state index contributed by atoms with van der Waals surface area (Å²) in [6, 6.07) is 11.0. The molecule has 0 saturated carbocycles. The Morgan fingerprint density at radius 2 is 1.46 bits per heavy atom. The molecule has 0 radical (unpaired) electrons. The second kappa shape index (κ2) is 17.7. The lowest BCUT2D eigenvalue weighted by atomic mass is 9.98. The fourth-order valence-electron chi connectivity index (χ4n) is 8.37. The molecule has 0 aliphatic carbocycles. The Labute approximate surface area is 327 Å². The average molecular weight is 772 g/mol. The zero-order valence-corrected chi connectivity index (χ0v) is 32.2. The second-order valence-corrected chi connectivity index (χ2v) is 15.7. The van der Waals surface area contributed by atoms with Gasteiger partial charge >= 0.3 is 5.97 Å². The van der Waals surface area contributed by atoms with Gasteiger partial charge in [-0.15, -0.1) is 0 Å². The number of cyclic esters (lactones) is 1. The number of piperidine rings is 1. The summed E-state index contributed by atoms with van der Waals surface area (Å²) in [5, 5.41) is 8.40. The minimum atomic E-state index is -1.51. The summed E-state index contributed by atoms with van der Waals surface area (Å²) in [7, 11) is 0. The van der Waals surface area contributed by atoms with Crippen molar-refractivity contribution in [1.82, 2.24) is 30.7 Å². The molecule has 1 unspecified atom stereocenters. The van der Waals surface area contributed by atoms with Gasteiger partial charge < -0.3 is 41.1 Å². The number of ether oxygens (including phenoxy) is 1. The lowest BCUT2D eigenvalue weighted by molar-refractivity contribution is -0.163. The quantitative estimate of drug-likeness (QED) is 0.289. The van der Waals surface area contributed by atoms with Crippen LogP contribution in [0.3, 0.4) is 0 Å². The molecule has 4 saturated heterocycles. The summed E-state index contributed by atoms with van der Waals surface area (Å²) in [5.74, 6) is -4.08. The van der Waals surface area contributed by atoms with Crippen LogP contribution in [0.1, 0.15) is 64.0 Å². The molecule has 15 nitrogen and oxygen atoms in total. The third-order valence-electron chi connectivity index (χ3n) is 11.3. The molecular weight excluding hydrogens is 718 g/mol. The minimum Gasteiger partial charge on any atom is -0.458 e. The van der Waals surface area contributed by atoms with Gasteiger partial charge in [0.25, 0.3) is 0 Å². The van der Waals surface area contributed by atoms with Crippen molar-refractivity contribution in [2.45, 2.75) is 114 Å². The summed E-state index contributed by atoms with van der Waals surface area (Å²) in [4.78, 5) is 102. The fourth-order valence-corrected chi connectivity index (χ4v) is 8.37. The van der Waals surface area contributed by atoms with Crippen molar-refractivity contribution >= 4 is 41.4 Å². The van der Waals surface area contributed by atoms with Gasteiger partial charge in [0, 0.05) is 32.1 Å². The van der Waals surface area contributed by atoms with Gasteiger partial charge in [-0.1, -0.05) is 67.6 Å². The maximum Gasteiger partial charge on any atom is 0.329 e. The molecule has 5 N–H and O–H groups in total. The number of nitrogens with two attached hydrogens (primary N) is 1. The van der Waals surface area contributed by atoms with Crippen molar-refractivity contribution in [1.29, 1.82) is 0 Å². The van der Waals surface area contributed by atoms with E-state index in [-0.39, 0.29) is 44.8 Å². The number of hydrogen-bond acceptors (Lipinski definition) is 9. The highest BCUT2D eigenvalue weighted by Crippen LogP contribution is 2.28. The summed E-state index contributed by atoms with van der Waals surface area (Å²) in [5.41, 5.74) is 7.90. The van der Waals surface area contributed by atoms with Crippen molar-refractivity contribution in [3.8, 4) is 0 Å². The lowest BCUT2D eigenvalue weighted by Gasteiger charge is -2.39. The van der Waals surface area contributed by atoms with Crippen molar-refractivity contribution in [3.63, 3.8) is 0 Å². The third-order valence-corrected chi connectivity index (χ3v) is 11.3. The van der Waals surface area contributed by atoms with Gasteiger partial charge in [0.15, 0.2) is 0 Å². The normalized spacial score (nSPS) is 29.4. The van der Waals surface area contributed by atoms with E-state index in [1.165, 1.54) is 21.6 Å². The predicted octanol–water partition coefficient (Wildman–Crippen LogP) is 0.438. The standard InChI is InChI=1S/C41H53N7O8/c1-24-18-33-41(55)56-26(3)35(45-36(50)30(19-27-12-6-4-7-13-27)44-34(49)20-28-14-8-5-9-15-28)40(54)48-23-29(42)21-32(48)39(53)46-17-11-10-16-31(46)37(51)43-25(2)38(52)47(33)22-24/h4-9,12-15,24-26,29-33,35H,10-11,16-23,42H2,1-3H3,(H,43,51)(H,44,49)(H,45,50)/t24-,25+,26+,29?,30+,31+,32+,33+,35+/m1/s1. The smallest absolute Gasteiger partial charge is 0.329 e. The van der Waals surface area contributed by atoms with Gasteiger partial charge in [-0.3, -0.25) is 28.8 Å². The van der Waals surface area contributed by atoms with Crippen LogP contribution in [0.15, 0.2) is 60.7 Å². The number of benzene rings is 2. The number of nitrogens with one attached hydrogen (secondary N) is 3. The Bertz CT molecular complexity index is 1790. The van der Waals surface area contributed by atoms with E-state index in [0.717, 1.165) is 11.1 Å². The van der Waals surface area contributed by atoms with Crippen LogP contribution in [0.25, 0.3) is 0 Å². The Kier molecular flexibility index (Phi) is 12.7. The number of amides is 6. The number of nitrogens with zero attached hydrogens (tertiary/aromatic N) is 3. The van der Waals surface area contributed by atoms with E-state index >= 15 is 0 Å². The zero-order valence-electron chi connectivity index (χ0n) is 32.2. The largest absolute Gasteiger partial charge is 0.458 e. The van der Waals surface area contributed by atoms with Crippen LogP contribution in [0.2, 0.25) is 0 Å². The van der Waals surface area contributed by atoms with Crippen LogP contribution >= 0.6 is 0 Å². The molecule has 15 heteroatoms. The number of carbonyl (C=O) groups excluding carboxylic acids is 7. The third kappa shape index (κ3) is 9.20. The zero-order chi connectivity index (χ0) is 40.1. The molecule has 0 bridgehead atoms. The van der Waals surface area contributed by atoms with Gasteiger partial charge in [0.1, 0.15) is 42.4 Å². The molecule has 2 aromatic rings. The Balaban J connectivity index is 1.34. The van der Waals surface area contributed by atoms with Gasteiger partial charge in [0.2, 0.25) is 35.4 Å². The molecule has 56 heavy (non-hydrogen) atoms. The molecule has 6 amide bonds. The van der Waals surface area contributed by atoms with Crippen LogP contribution in [-0.4, -0.2) is 124 Å². The molecule has 4 aliphatic rings. The first-order valence-corrected chi connectivity index (χ1v) is 19.7. The monoisotopic (exact) mass is 771 g/mol. The Morgan fingerprint density at radius 3 is 2.16 bits per heavy atom. The highest BCUT2D eigenvalue weighted by molar-refractivity contribution is 5.98. The molecule has 9 atom stereocenters. The summed E-state index contributed by atoms with van der Waals surface area (Å²) >= 11 is 0. The summed E-state index contributed by atoms with van der Waals surface area (Å²) < 4.78 is 5.95. The first kappa shape index (κ1) is 40.4. The van der Waals surface area contributed by atoms with E-state index in [2.05, 4.69) is 16.0 Å². The maximum absolute atomic E-state index is 14.8. The van der Waals surface area contributed by atoms with Gasteiger partial charge in [-0.2, -0.15) is 0 Å². The van der Waals surface area contributed by atoms with E-state index in [1.54, 1.807) is 19.1 Å². The van der Waals surface area contributed by atoms with Crippen LogP contribution in [-0.2, 0) is 51.1 Å². The molecule has 4 fully saturated rings. The number of carbonyl (C=O) groups is 7. The van der Waals surface area contributed by atoms with E-state index in [9.17, 15) is 33.6 Å². The predicted molar refractivity (Wildman–Crippen MR) is 204 cm³/mol. The van der Waals surface area contributed by atoms with E-state index in [1.807, 2.05) is 55.5 Å². The van der Waals surface area contributed by atoms with Gasteiger partial charge in [-0.05, 0) is 63.0 Å². The Morgan fingerprint density at radius 1 is 0.804 bits per heavy atom. The first-order chi connectivity index (χ1) is 26.8. The van der Waals surface area contributed by atoms with E-state index < -0.39 is 89.8 Å². The van der Waals surface area contributed by atoms with Crippen molar-refractivity contribution in [2.75, 3.05) is 19.6 Å². The Hall–Kier alpha value is -5.31. The average Bonchev–Trinajstić information content (AvgIpc) is 3.78. The summed E-state index contributed by atoms with van der Waals surface area (Å²) in [6.45, 7) is 5.43. The van der Waals surface area contributed by atoms with Crippen LogP contribution < -0.4 is 21.7 Å². The molecule has 4 aliphatic heterocycles. The number of hydrogen-bond donors (Lipinski definition) is 4. The SMILES string of the molecule is C[C@@H]1C[C@H]2C(=O)O[C@@H](C)[C@H](NC(=O)[C@H](Cc3ccccc3)NC(=O)Cc3ccccc3)C(=O)N3CC(N)C[C@H]3C(=O)N3CCCC[C@H]3C(=O)N[C@@H](C)C(=O)N2C1. The first-order valence-electron chi connectivity index (χ1n) is 19.7. The highest BCUT2D eigenvalue weighted by Gasteiger charge is 2.48. The fraction of sp³-hybridized carbons (Fsp3) is 0.537. The molecule has 6 rings (SSSR count). The van der Waals surface area contributed by atoms with E-state index in [0.29, 0.717) is 25.7 Å². The highest BCUT2D eigenvalue weighted by atomic mass is 16.5. The number of fused-ring (bicyclic) bond motifs is 3. The molecule has 0 aromatic heterocycles. The molecule has 4 heterocycles. The van der Waals surface area contributed by atoms with Gasteiger partial charge in [0.05, 0.1) is 6.42 Å². The molecule has 2 aromatic carbocycles. The maximum atomic E-state index is 14.8. The lowest BCUT2D eigenvalue weighted by Crippen LogP contribution is -2.63. The van der Waals surface area contributed by atoms with Crippen molar-refractivity contribution in [3.05, 3.63) is 71.8 Å². The minimum absolute atomic E-state index is 0.00834. The van der Waals surface area contributed by atoms with Gasteiger partial charge in [-0.25, -0.2) is 4.79 Å². The van der Waals surface area contributed by atoms with Crippen LogP contribution in [0.5, 0.6) is 0 Å².